The third-order valence-electron chi connectivity index (χ3n) is 3.71. The molecule has 28 heavy (non-hydrogen) atoms. The van der Waals surface area contributed by atoms with Crippen LogP contribution in [0.5, 0.6) is 11.5 Å². The van der Waals surface area contributed by atoms with Crippen molar-refractivity contribution >= 4 is 29.3 Å². The molecule has 144 valence electrons. The number of nitrogens with zero attached hydrogens (tertiary/aromatic N) is 4. The Morgan fingerprint density at radius 1 is 1.29 bits per heavy atom. The van der Waals surface area contributed by atoms with Gasteiger partial charge in [-0.3, -0.25) is 4.79 Å². The molecule has 0 atom stereocenters. The summed E-state index contributed by atoms with van der Waals surface area (Å²) in [4.78, 5) is 12.2. The first kappa shape index (κ1) is 19.4. The van der Waals surface area contributed by atoms with Crippen molar-refractivity contribution in [3.8, 4) is 17.2 Å². The normalized spacial score (nSPS) is 10.8. The Hall–Kier alpha value is -3.39. The Morgan fingerprint density at radius 3 is 2.71 bits per heavy atom. The number of rotatable bonds is 7. The van der Waals surface area contributed by atoms with Gasteiger partial charge in [0.2, 0.25) is 5.91 Å². The standard InChI is InChI=1S/C19H18ClN5O3/c1-3-28-17-11-13(10-16(20)19(17)27-2)4-9-18(26)22-14-5-7-15(8-6-14)25-12-21-23-24-25/h4-12H,3H2,1-2H3,(H,22,26)/b9-4+. The molecule has 0 aliphatic carbocycles. The molecule has 1 amide bonds. The van der Waals surface area contributed by atoms with Crippen LogP contribution in [0.2, 0.25) is 5.02 Å². The third-order valence-corrected chi connectivity index (χ3v) is 3.99. The topological polar surface area (TPSA) is 91.2 Å². The predicted molar refractivity (Wildman–Crippen MR) is 106 cm³/mol. The average Bonchev–Trinajstić information content (AvgIpc) is 3.22. The summed E-state index contributed by atoms with van der Waals surface area (Å²) in [5, 5.41) is 14.2. The van der Waals surface area contributed by atoms with Crippen LogP contribution in [0.1, 0.15) is 12.5 Å². The second-order valence-electron chi connectivity index (χ2n) is 5.59. The Labute approximate surface area is 166 Å². The van der Waals surface area contributed by atoms with E-state index in [2.05, 4.69) is 20.8 Å². The number of aromatic nitrogens is 4. The lowest BCUT2D eigenvalue weighted by Crippen LogP contribution is -2.07. The highest BCUT2D eigenvalue weighted by atomic mass is 35.5. The zero-order valence-electron chi connectivity index (χ0n) is 15.3. The molecule has 0 unspecified atom stereocenters. The van der Waals surface area contributed by atoms with E-state index in [1.807, 2.05) is 6.92 Å². The number of carbonyl (C=O) groups excluding carboxylic acids is 1. The number of tetrazole rings is 1. The van der Waals surface area contributed by atoms with E-state index in [1.165, 1.54) is 24.2 Å². The van der Waals surface area contributed by atoms with Gasteiger partial charge in [-0.15, -0.1) is 5.10 Å². The fraction of sp³-hybridized carbons (Fsp3) is 0.158. The van der Waals surface area contributed by atoms with Gasteiger partial charge in [0.25, 0.3) is 0 Å². The van der Waals surface area contributed by atoms with Crippen LogP contribution < -0.4 is 14.8 Å². The van der Waals surface area contributed by atoms with Crippen molar-refractivity contribution in [2.75, 3.05) is 19.0 Å². The van der Waals surface area contributed by atoms with Crippen LogP contribution >= 0.6 is 11.6 Å². The number of anilines is 1. The highest BCUT2D eigenvalue weighted by Crippen LogP contribution is 2.36. The fourth-order valence-corrected chi connectivity index (χ4v) is 2.77. The van der Waals surface area contributed by atoms with Gasteiger partial charge in [-0.25, -0.2) is 4.68 Å². The molecule has 3 rings (SSSR count). The highest BCUT2D eigenvalue weighted by Gasteiger charge is 2.10. The minimum absolute atomic E-state index is 0.278. The van der Waals surface area contributed by atoms with Crippen LogP contribution in [0.15, 0.2) is 48.8 Å². The SMILES string of the molecule is CCOc1cc(/C=C/C(=O)Nc2ccc(-n3cnnn3)cc2)cc(Cl)c1OC. The van der Waals surface area contributed by atoms with Gasteiger partial charge in [0.05, 0.1) is 24.4 Å². The Morgan fingerprint density at radius 2 is 2.07 bits per heavy atom. The van der Waals surface area contributed by atoms with Gasteiger partial charge in [0.1, 0.15) is 6.33 Å². The van der Waals surface area contributed by atoms with E-state index in [0.29, 0.717) is 28.8 Å². The van der Waals surface area contributed by atoms with Crippen LogP contribution in [0, 0.1) is 0 Å². The molecule has 2 aromatic carbocycles. The van der Waals surface area contributed by atoms with Gasteiger partial charge in [-0.05, 0) is 65.4 Å². The van der Waals surface area contributed by atoms with Gasteiger partial charge in [0, 0.05) is 11.8 Å². The van der Waals surface area contributed by atoms with Crippen molar-refractivity contribution in [2.24, 2.45) is 0 Å². The molecule has 0 spiro atoms. The van der Waals surface area contributed by atoms with Crippen molar-refractivity contribution in [1.29, 1.82) is 0 Å². The number of amides is 1. The minimum Gasteiger partial charge on any atom is -0.491 e. The first-order chi connectivity index (χ1) is 13.6. The monoisotopic (exact) mass is 399 g/mol. The molecule has 1 heterocycles. The molecule has 9 heteroatoms. The van der Waals surface area contributed by atoms with E-state index in [9.17, 15) is 4.79 Å². The maximum absolute atomic E-state index is 12.2. The van der Waals surface area contributed by atoms with Gasteiger partial charge in [-0.1, -0.05) is 11.6 Å². The maximum Gasteiger partial charge on any atom is 0.248 e. The summed E-state index contributed by atoms with van der Waals surface area (Å²) in [6.07, 6.45) is 4.56. The number of carbonyl (C=O) groups is 1. The predicted octanol–water partition coefficient (Wildman–Crippen LogP) is 3.37. The van der Waals surface area contributed by atoms with E-state index in [0.717, 1.165) is 11.3 Å². The molecule has 0 aliphatic heterocycles. The Bertz CT molecular complexity index is 972. The van der Waals surface area contributed by atoms with E-state index < -0.39 is 0 Å². The molecule has 0 radical (unpaired) electrons. The zero-order chi connectivity index (χ0) is 19.9. The van der Waals surface area contributed by atoms with Gasteiger partial charge < -0.3 is 14.8 Å². The molecule has 0 bridgehead atoms. The van der Waals surface area contributed by atoms with Crippen molar-refractivity contribution in [3.63, 3.8) is 0 Å². The first-order valence-electron chi connectivity index (χ1n) is 8.43. The number of benzene rings is 2. The summed E-state index contributed by atoms with van der Waals surface area (Å²) in [7, 11) is 1.53. The summed E-state index contributed by atoms with van der Waals surface area (Å²) in [5.41, 5.74) is 2.16. The average molecular weight is 400 g/mol. The largest absolute Gasteiger partial charge is 0.491 e. The van der Waals surface area contributed by atoms with Crippen molar-refractivity contribution in [1.82, 2.24) is 20.2 Å². The van der Waals surface area contributed by atoms with Gasteiger partial charge in [-0.2, -0.15) is 0 Å². The van der Waals surface area contributed by atoms with E-state index in [1.54, 1.807) is 42.5 Å². The van der Waals surface area contributed by atoms with Crippen LogP contribution in [-0.2, 0) is 4.79 Å². The number of methoxy groups -OCH3 is 1. The number of nitrogens with one attached hydrogen (secondary N) is 1. The molecule has 8 nitrogen and oxygen atoms in total. The summed E-state index contributed by atoms with van der Waals surface area (Å²) in [6, 6.07) is 10.6. The summed E-state index contributed by atoms with van der Waals surface area (Å²) in [6.45, 7) is 2.34. The molecule has 0 fully saturated rings. The number of hydrogen-bond donors (Lipinski definition) is 1. The second kappa shape index (κ2) is 9.01. The highest BCUT2D eigenvalue weighted by molar-refractivity contribution is 6.32. The maximum atomic E-state index is 12.2. The lowest BCUT2D eigenvalue weighted by molar-refractivity contribution is -0.111. The van der Waals surface area contributed by atoms with Crippen LogP contribution in [-0.4, -0.2) is 39.8 Å². The molecule has 0 saturated heterocycles. The van der Waals surface area contributed by atoms with Crippen molar-refractivity contribution in [2.45, 2.75) is 6.92 Å². The first-order valence-corrected chi connectivity index (χ1v) is 8.81. The lowest BCUT2D eigenvalue weighted by Gasteiger charge is -2.11. The Balaban J connectivity index is 1.68. The van der Waals surface area contributed by atoms with Gasteiger partial charge >= 0.3 is 0 Å². The van der Waals surface area contributed by atoms with E-state index >= 15 is 0 Å². The fourth-order valence-electron chi connectivity index (χ4n) is 2.48. The second-order valence-corrected chi connectivity index (χ2v) is 6.00. The number of hydrogen-bond acceptors (Lipinski definition) is 6. The van der Waals surface area contributed by atoms with Crippen LogP contribution in [0.3, 0.4) is 0 Å². The molecule has 1 N–H and O–H groups in total. The van der Waals surface area contributed by atoms with Gasteiger partial charge in [0.15, 0.2) is 11.5 Å². The molecule has 0 saturated carbocycles. The van der Waals surface area contributed by atoms with E-state index in [-0.39, 0.29) is 5.91 Å². The summed E-state index contributed by atoms with van der Waals surface area (Å²) < 4.78 is 12.3. The molecular weight excluding hydrogens is 382 g/mol. The zero-order valence-corrected chi connectivity index (χ0v) is 16.1. The summed E-state index contributed by atoms with van der Waals surface area (Å²) in [5.74, 6) is 0.712. The molecule has 3 aromatic rings. The molecular formula is C19H18ClN5O3. The smallest absolute Gasteiger partial charge is 0.248 e. The van der Waals surface area contributed by atoms with Crippen molar-refractivity contribution < 1.29 is 14.3 Å². The summed E-state index contributed by atoms with van der Waals surface area (Å²) >= 11 is 6.22. The van der Waals surface area contributed by atoms with Crippen molar-refractivity contribution in [3.05, 3.63) is 59.4 Å². The quantitative estimate of drug-likeness (QED) is 0.612. The minimum atomic E-state index is -0.278. The van der Waals surface area contributed by atoms with Crippen LogP contribution in [0.25, 0.3) is 11.8 Å². The molecule has 0 aliphatic rings. The van der Waals surface area contributed by atoms with E-state index in [4.69, 9.17) is 21.1 Å². The lowest BCUT2D eigenvalue weighted by atomic mass is 10.2. The third kappa shape index (κ3) is 4.66. The number of halogens is 1. The molecule has 1 aromatic heterocycles. The Kier molecular flexibility index (Phi) is 6.23. The van der Waals surface area contributed by atoms with Crippen LogP contribution in [0.4, 0.5) is 5.69 Å². The number of ether oxygens (including phenoxy) is 2.